The molecule has 6 heteroatoms. The molecule has 0 spiro atoms. The van der Waals surface area contributed by atoms with Crippen LogP contribution in [0.1, 0.15) is 37.8 Å². The Morgan fingerprint density at radius 1 is 1.13 bits per heavy atom. The monoisotopic (exact) mass is 428 g/mol. The van der Waals surface area contributed by atoms with Crippen LogP contribution < -0.4 is 9.64 Å². The summed E-state index contributed by atoms with van der Waals surface area (Å²) in [6.07, 6.45) is 2.20. The molecule has 160 valence electrons. The summed E-state index contributed by atoms with van der Waals surface area (Å²) >= 11 is 6.45. The van der Waals surface area contributed by atoms with E-state index in [9.17, 15) is 4.79 Å². The van der Waals surface area contributed by atoms with Crippen molar-refractivity contribution in [1.29, 1.82) is 0 Å². The highest BCUT2D eigenvalue weighted by Crippen LogP contribution is 2.55. The maximum atomic E-state index is 13.8. The van der Waals surface area contributed by atoms with Crippen LogP contribution in [-0.4, -0.2) is 37.8 Å². The van der Waals surface area contributed by atoms with Crippen molar-refractivity contribution in [2.75, 3.05) is 31.8 Å². The fourth-order valence-corrected chi connectivity index (χ4v) is 4.84. The Labute approximate surface area is 183 Å². The minimum absolute atomic E-state index is 0.0229. The summed E-state index contributed by atoms with van der Waals surface area (Å²) in [5.41, 5.74) is 2.61. The zero-order valence-electron chi connectivity index (χ0n) is 17.9. The summed E-state index contributed by atoms with van der Waals surface area (Å²) in [6, 6.07) is 13.8. The third-order valence-corrected chi connectivity index (χ3v) is 6.49. The molecule has 30 heavy (non-hydrogen) atoms. The van der Waals surface area contributed by atoms with Crippen molar-refractivity contribution in [1.82, 2.24) is 4.90 Å². The summed E-state index contributed by atoms with van der Waals surface area (Å²) in [4.78, 5) is 17.6. The Balaban J connectivity index is 1.80. The molecule has 2 amide bonds. The lowest BCUT2D eigenvalue weighted by Crippen LogP contribution is -2.61. The van der Waals surface area contributed by atoms with E-state index in [0.29, 0.717) is 37.2 Å². The molecule has 2 aliphatic rings. The first-order valence-corrected chi connectivity index (χ1v) is 11.0. The second kappa shape index (κ2) is 8.48. The highest BCUT2D eigenvalue weighted by molar-refractivity contribution is 6.30. The van der Waals surface area contributed by atoms with Crippen LogP contribution >= 0.6 is 11.6 Å². The fourth-order valence-electron chi connectivity index (χ4n) is 4.67. The second-order valence-corrected chi connectivity index (χ2v) is 8.39. The summed E-state index contributed by atoms with van der Waals surface area (Å²) in [6.45, 7) is 6.26. The van der Waals surface area contributed by atoms with Crippen molar-refractivity contribution < 1.29 is 14.3 Å². The number of amides is 2. The average molecular weight is 429 g/mol. The highest BCUT2D eigenvalue weighted by Gasteiger charge is 2.56. The topological polar surface area (TPSA) is 42.0 Å². The maximum Gasteiger partial charge on any atom is 0.325 e. The zero-order chi connectivity index (χ0) is 21.3. The van der Waals surface area contributed by atoms with Crippen molar-refractivity contribution >= 4 is 23.3 Å². The molecule has 1 aliphatic carbocycles. The lowest BCUT2D eigenvalue weighted by molar-refractivity contribution is -0.00165. The smallest absolute Gasteiger partial charge is 0.325 e. The number of rotatable bonds is 8. The van der Waals surface area contributed by atoms with Gasteiger partial charge in [-0.05, 0) is 68.5 Å². The minimum Gasteiger partial charge on any atom is -0.497 e. The van der Waals surface area contributed by atoms with E-state index >= 15 is 0 Å². The van der Waals surface area contributed by atoms with Gasteiger partial charge < -0.3 is 14.4 Å². The second-order valence-electron chi connectivity index (χ2n) is 7.96. The summed E-state index contributed by atoms with van der Waals surface area (Å²) in [5.74, 6) is 1.20. The quantitative estimate of drug-likeness (QED) is 0.561. The van der Waals surface area contributed by atoms with E-state index in [0.717, 1.165) is 35.4 Å². The van der Waals surface area contributed by atoms with Crippen molar-refractivity contribution in [3.8, 4) is 5.75 Å². The Hall–Kier alpha value is -2.24. The number of carbonyl (C=O) groups is 1. The number of nitrogens with zero attached hydrogens (tertiary/aromatic N) is 2. The average Bonchev–Trinajstić information content (AvgIpc) is 3.61. The van der Waals surface area contributed by atoms with Crippen LogP contribution in [-0.2, 0) is 16.8 Å². The number of anilines is 1. The molecule has 1 saturated carbocycles. The van der Waals surface area contributed by atoms with E-state index in [1.54, 1.807) is 7.11 Å². The van der Waals surface area contributed by atoms with Crippen molar-refractivity contribution in [2.45, 2.75) is 38.8 Å². The van der Waals surface area contributed by atoms with Crippen LogP contribution in [0.3, 0.4) is 0 Å². The van der Waals surface area contributed by atoms with E-state index in [1.807, 2.05) is 66.1 Å². The van der Waals surface area contributed by atoms with Gasteiger partial charge in [-0.2, -0.15) is 0 Å². The van der Waals surface area contributed by atoms with Gasteiger partial charge in [0, 0.05) is 23.7 Å². The highest BCUT2D eigenvalue weighted by atomic mass is 35.5. The third kappa shape index (κ3) is 3.54. The van der Waals surface area contributed by atoms with E-state index in [-0.39, 0.29) is 6.03 Å². The molecule has 1 atom stereocenters. The summed E-state index contributed by atoms with van der Waals surface area (Å²) < 4.78 is 11.2. The minimum atomic E-state index is -0.460. The molecule has 2 aromatic rings. The van der Waals surface area contributed by atoms with Crippen LogP contribution in [0, 0.1) is 5.92 Å². The van der Waals surface area contributed by atoms with Gasteiger partial charge in [-0.3, -0.25) is 4.90 Å². The Bertz CT molecular complexity index is 913. The van der Waals surface area contributed by atoms with Crippen LogP contribution in [0.15, 0.2) is 42.5 Å². The molecule has 0 saturated heterocycles. The lowest BCUT2D eigenvalue weighted by atomic mass is 9.80. The standard InChI is InChI=1S/C24H29ClN2O3/c1-4-27-23(28)26(15-17-6-11-20(29-3)12-7-17)22-13-10-19(25)14-21(22)24(27,16-30-5-2)18-8-9-18/h6-7,10-14,18H,4-5,8-9,15-16H2,1-3H3. The van der Waals surface area contributed by atoms with Gasteiger partial charge >= 0.3 is 6.03 Å². The van der Waals surface area contributed by atoms with Crippen LogP contribution in [0.2, 0.25) is 5.02 Å². The Morgan fingerprint density at radius 2 is 1.87 bits per heavy atom. The number of halogens is 1. The molecular weight excluding hydrogens is 400 g/mol. The van der Waals surface area contributed by atoms with Gasteiger partial charge in [0.15, 0.2) is 0 Å². The molecule has 5 nitrogen and oxygen atoms in total. The number of urea groups is 1. The first kappa shape index (κ1) is 21.0. The molecule has 1 unspecified atom stereocenters. The van der Waals surface area contributed by atoms with Crippen molar-refractivity contribution in [3.63, 3.8) is 0 Å². The maximum absolute atomic E-state index is 13.8. The number of likely N-dealkylation sites (N-methyl/N-ethyl adjacent to an activating group) is 1. The summed E-state index contributed by atoms with van der Waals surface area (Å²) in [5, 5.41) is 0.685. The van der Waals surface area contributed by atoms with Crippen LogP contribution in [0.5, 0.6) is 5.75 Å². The molecule has 0 aromatic heterocycles. The summed E-state index contributed by atoms with van der Waals surface area (Å²) in [7, 11) is 1.65. The van der Waals surface area contributed by atoms with Crippen molar-refractivity contribution in [3.05, 3.63) is 58.6 Å². The predicted molar refractivity (Wildman–Crippen MR) is 119 cm³/mol. The van der Waals surface area contributed by atoms with Gasteiger partial charge in [-0.25, -0.2) is 4.79 Å². The number of ether oxygens (including phenoxy) is 2. The molecule has 0 N–H and O–H groups in total. The van der Waals surface area contributed by atoms with Gasteiger partial charge in [0.25, 0.3) is 0 Å². The number of benzene rings is 2. The van der Waals surface area contributed by atoms with Gasteiger partial charge in [-0.1, -0.05) is 23.7 Å². The number of carbonyl (C=O) groups excluding carboxylic acids is 1. The van der Waals surface area contributed by atoms with Gasteiger partial charge in [0.1, 0.15) is 5.75 Å². The van der Waals surface area contributed by atoms with E-state index in [2.05, 4.69) is 0 Å². The predicted octanol–water partition coefficient (Wildman–Crippen LogP) is 5.45. The normalized spacial score (nSPS) is 21.0. The van der Waals surface area contributed by atoms with Gasteiger partial charge in [0.2, 0.25) is 0 Å². The van der Waals surface area contributed by atoms with E-state index in [4.69, 9.17) is 21.1 Å². The zero-order valence-corrected chi connectivity index (χ0v) is 18.6. The number of methoxy groups -OCH3 is 1. The molecule has 1 fully saturated rings. The first-order chi connectivity index (χ1) is 14.5. The lowest BCUT2D eigenvalue weighted by Gasteiger charge is -2.51. The Kier molecular flexibility index (Phi) is 5.94. The molecule has 1 heterocycles. The number of hydrogen-bond donors (Lipinski definition) is 0. The molecule has 1 aliphatic heterocycles. The van der Waals surface area contributed by atoms with Gasteiger partial charge in [0.05, 0.1) is 31.5 Å². The van der Waals surface area contributed by atoms with Crippen LogP contribution in [0.4, 0.5) is 10.5 Å². The molecular formula is C24H29ClN2O3. The fraction of sp³-hybridized carbons (Fsp3) is 0.458. The SMILES string of the molecule is CCOCC1(C2CC2)c2cc(Cl)ccc2N(Cc2ccc(OC)cc2)C(=O)N1CC. The molecule has 2 aromatic carbocycles. The molecule has 4 rings (SSSR count). The first-order valence-electron chi connectivity index (χ1n) is 10.6. The molecule has 0 bridgehead atoms. The van der Waals surface area contributed by atoms with E-state index < -0.39 is 5.54 Å². The Morgan fingerprint density at radius 3 is 2.47 bits per heavy atom. The third-order valence-electron chi connectivity index (χ3n) is 6.25. The van der Waals surface area contributed by atoms with E-state index in [1.165, 1.54) is 0 Å². The number of fused-ring (bicyclic) bond motifs is 1. The van der Waals surface area contributed by atoms with Crippen molar-refractivity contribution in [2.24, 2.45) is 5.92 Å². The van der Waals surface area contributed by atoms with Crippen LogP contribution in [0.25, 0.3) is 0 Å². The molecule has 0 radical (unpaired) electrons. The largest absolute Gasteiger partial charge is 0.497 e. The van der Waals surface area contributed by atoms with Gasteiger partial charge in [-0.15, -0.1) is 0 Å². The number of hydrogen-bond acceptors (Lipinski definition) is 3.